The molecule has 8 heteroatoms. The number of likely N-dealkylation sites (tertiary alicyclic amines) is 1. The molecule has 0 unspecified atom stereocenters. The number of fused-ring (bicyclic) bond motifs is 1. The highest BCUT2D eigenvalue weighted by atomic mass is 16.4. The van der Waals surface area contributed by atoms with Crippen LogP contribution >= 0.6 is 0 Å². The van der Waals surface area contributed by atoms with Gasteiger partial charge in [0.25, 0.3) is 0 Å². The molecule has 2 aromatic carbocycles. The van der Waals surface area contributed by atoms with Crippen LogP contribution in [0.15, 0.2) is 51.7 Å². The smallest absolute Gasteiger partial charge is 0.408 e. The third-order valence-corrected chi connectivity index (χ3v) is 6.52. The van der Waals surface area contributed by atoms with Crippen LogP contribution in [-0.4, -0.2) is 61.8 Å². The van der Waals surface area contributed by atoms with Crippen LogP contribution in [0, 0.1) is 5.92 Å². The SMILES string of the molecule is CN(C)c1ccc(CCNC(=O)C2CCN(CCC(=O)c3ccc4[nH]c(=O)oc4c3)CC2)cc1. The number of rotatable bonds is 9. The lowest BCUT2D eigenvalue weighted by atomic mass is 9.95. The van der Waals surface area contributed by atoms with E-state index in [-0.39, 0.29) is 17.6 Å². The number of benzene rings is 2. The minimum Gasteiger partial charge on any atom is -0.408 e. The molecule has 2 N–H and O–H groups in total. The number of carbonyl (C=O) groups is 2. The largest absolute Gasteiger partial charge is 0.417 e. The van der Waals surface area contributed by atoms with Crippen LogP contribution in [0.2, 0.25) is 0 Å². The lowest BCUT2D eigenvalue weighted by Crippen LogP contribution is -2.41. The van der Waals surface area contributed by atoms with Gasteiger partial charge in [-0.15, -0.1) is 0 Å². The van der Waals surface area contributed by atoms with Crippen LogP contribution in [0.25, 0.3) is 11.1 Å². The van der Waals surface area contributed by atoms with Crippen molar-refractivity contribution in [1.29, 1.82) is 0 Å². The van der Waals surface area contributed by atoms with Gasteiger partial charge in [-0.3, -0.25) is 14.6 Å². The van der Waals surface area contributed by atoms with Crippen LogP contribution in [0.1, 0.15) is 35.2 Å². The Morgan fingerprint density at radius 2 is 1.85 bits per heavy atom. The number of aromatic nitrogens is 1. The van der Waals surface area contributed by atoms with Crippen molar-refractivity contribution in [2.24, 2.45) is 5.92 Å². The average Bonchev–Trinajstić information content (AvgIpc) is 3.22. The Morgan fingerprint density at radius 3 is 2.56 bits per heavy atom. The summed E-state index contributed by atoms with van der Waals surface area (Å²) >= 11 is 0. The Bertz CT molecular complexity index is 1190. The van der Waals surface area contributed by atoms with Crippen molar-refractivity contribution in [3.8, 4) is 0 Å². The lowest BCUT2D eigenvalue weighted by Gasteiger charge is -2.31. The first-order valence-corrected chi connectivity index (χ1v) is 11.8. The number of hydrogen-bond acceptors (Lipinski definition) is 6. The van der Waals surface area contributed by atoms with Crippen molar-refractivity contribution in [3.63, 3.8) is 0 Å². The van der Waals surface area contributed by atoms with Crippen molar-refractivity contribution in [2.75, 3.05) is 45.2 Å². The second kappa shape index (κ2) is 10.7. The van der Waals surface area contributed by atoms with Gasteiger partial charge in [0.1, 0.15) is 0 Å². The van der Waals surface area contributed by atoms with Gasteiger partial charge in [0.05, 0.1) is 5.52 Å². The molecular weight excluding hydrogens is 432 g/mol. The highest BCUT2D eigenvalue weighted by Crippen LogP contribution is 2.19. The molecule has 1 aliphatic rings. The number of anilines is 1. The van der Waals surface area contributed by atoms with Gasteiger partial charge in [0, 0.05) is 50.8 Å². The fourth-order valence-corrected chi connectivity index (χ4v) is 4.38. The summed E-state index contributed by atoms with van der Waals surface area (Å²) in [5.74, 6) is -0.349. The number of oxazole rings is 1. The number of nitrogens with one attached hydrogen (secondary N) is 2. The maximum atomic E-state index is 12.6. The minimum absolute atomic E-state index is 0.0178. The zero-order chi connectivity index (χ0) is 24.1. The number of carbonyl (C=O) groups excluding carboxylic acids is 2. The minimum atomic E-state index is -0.523. The number of piperidine rings is 1. The van der Waals surface area contributed by atoms with Crippen molar-refractivity contribution in [3.05, 3.63) is 64.1 Å². The van der Waals surface area contributed by atoms with Crippen molar-refractivity contribution < 1.29 is 14.0 Å². The monoisotopic (exact) mass is 464 g/mol. The Labute approximate surface area is 198 Å². The van der Waals surface area contributed by atoms with E-state index in [4.69, 9.17) is 4.42 Å². The maximum absolute atomic E-state index is 12.6. The average molecular weight is 465 g/mol. The first-order valence-electron chi connectivity index (χ1n) is 11.8. The summed E-state index contributed by atoms with van der Waals surface area (Å²) in [4.78, 5) is 43.3. The maximum Gasteiger partial charge on any atom is 0.417 e. The second-order valence-electron chi connectivity index (χ2n) is 9.12. The highest BCUT2D eigenvalue weighted by molar-refractivity contribution is 5.98. The number of H-pyrrole nitrogens is 1. The third kappa shape index (κ3) is 5.94. The third-order valence-electron chi connectivity index (χ3n) is 6.52. The van der Waals surface area contributed by atoms with Gasteiger partial charge in [-0.05, 0) is 68.2 Å². The summed E-state index contributed by atoms with van der Waals surface area (Å²) in [6, 6.07) is 13.4. The summed E-state index contributed by atoms with van der Waals surface area (Å²) in [5.41, 5.74) is 3.90. The predicted octanol–water partition coefficient (Wildman–Crippen LogP) is 2.83. The zero-order valence-electron chi connectivity index (χ0n) is 19.8. The fourth-order valence-electron chi connectivity index (χ4n) is 4.38. The van der Waals surface area contributed by atoms with E-state index in [1.807, 2.05) is 14.1 Å². The number of nitrogens with zero attached hydrogens (tertiary/aromatic N) is 2. The van der Waals surface area contributed by atoms with E-state index in [0.29, 0.717) is 36.2 Å². The van der Waals surface area contributed by atoms with E-state index in [2.05, 4.69) is 44.4 Å². The molecule has 180 valence electrons. The first kappa shape index (κ1) is 23.8. The molecule has 1 fully saturated rings. The van der Waals surface area contributed by atoms with E-state index in [1.165, 1.54) is 5.56 Å². The van der Waals surface area contributed by atoms with Gasteiger partial charge in [0.15, 0.2) is 11.4 Å². The van der Waals surface area contributed by atoms with E-state index in [9.17, 15) is 14.4 Å². The Kier molecular flexibility index (Phi) is 7.47. The molecule has 2 heterocycles. The second-order valence-corrected chi connectivity index (χ2v) is 9.12. The molecule has 8 nitrogen and oxygen atoms in total. The summed E-state index contributed by atoms with van der Waals surface area (Å²) in [5, 5.41) is 3.09. The number of Topliss-reactive ketones (excluding diaryl/α,β-unsaturated/α-hetero) is 1. The number of amides is 1. The first-order chi connectivity index (χ1) is 16.4. The van der Waals surface area contributed by atoms with Crippen molar-refractivity contribution >= 4 is 28.5 Å². The summed E-state index contributed by atoms with van der Waals surface area (Å²) < 4.78 is 5.04. The molecule has 1 saturated heterocycles. The highest BCUT2D eigenvalue weighted by Gasteiger charge is 2.25. The van der Waals surface area contributed by atoms with E-state index >= 15 is 0 Å². The molecule has 34 heavy (non-hydrogen) atoms. The van der Waals surface area contributed by atoms with Crippen LogP contribution in [0.4, 0.5) is 5.69 Å². The Hall–Kier alpha value is -3.39. The number of hydrogen-bond donors (Lipinski definition) is 2. The quantitative estimate of drug-likeness (QED) is 0.473. The van der Waals surface area contributed by atoms with Gasteiger partial charge in [-0.2, -0.15) is 0 Å². The van der Waals surface area contributed by atoms with Gasteiger partial charge in [0.2, 0.25) is 5.91 Å². The molecule has 0 radical (unpaired) electrons. The Balaban J connectivity index is 1.16. The normalized spacial score (nSPS) is 14.9. The van der Waals surface area contributed by atoms with Gasteiger partial charge in [-0.1, -0.05) is 12.1 Å². The van der Waals surface area contributed by atoms with Crippen LogP contribution < -0.4 is 16.0 Å². The molecule has 0 aliphatic carbocycles. The van der Waals surface area contributed by atoms with Gasteiger partial charge >= 0.3 is 5.76 Å². The molecule has 0 spiro atoms. The van der Waals surface area contributed by atoms with Crippen molar-refractivity contribution in [1.82, 2.24) is 15.2 Å². The topological polar surface area (TPSA) is 98.6 Å². The Morgan fingerprint density at radius 1 is 1.12 bits per heavy atom. The summed E-state index contributed by atoms with van der Waals surface area (Å²) in [7, 11) is 4.04. The van der Waals surface area contributed by atoms with Crippen LogP contribution in [0.5, 0.6) is 0 Å². The molecule has 3 aromatic rings. The molecular formula is C26H32N4O4. The van der Waals surface area contributed by atoms with E-state index in [0.717, 1.165) is 38.0 Å². The van der Waals surface area contributed by atoms with Gasteiger partial charge in [-0.25, -0.2) is 4.79 Å². The summed E-state index contributed by atoms with van der Waals surface area (Å²) in [6.07, 6.45) is 2.82. The molecule has 4 rings (SSSR count). The molecule has 1 aliphatic heterocycles. The molecule has 1 amide bonds. The van der Waals surface area contributed by atoms with Crippen LogP contribution in [0.3, 0.4) is 0 Å². The van der Waals surface area contributed by atoms with Gasteiger partial charge < -0.3 is 19.5 Å². The number of aromatic amines is 1. The summed E-state index contributed by atoms with van der Waals surface area (Å²) in [6.45, 7) is 2.91. The fraction of sp³-hybridized carbons (Fsp3) is 0.423. The number of ketones is 1. The molecule has 0 saturated carbocycles. The van der Waals surface area contributed by atoms with Crippen molar-refractivity contribution in [2.45, 2.75) is 25.7 Å². The lowest BCUT2D eigenvalue weighted by molar-refractivity contribution is -0.126. The van der Waals surface area contributed by atoms with Crippen LogP contribution in [-0.2, 0) is 11.2 Å². The predicted molar refractivity (Wildman–Crippen MR) is 132 cm³/mol. The molecule has 0 bridgehead atoms. The van der Waals surface area contributed by atoms with E-state index < -0.39 is 5.76 Å². The van der Waals surface area contributed by atoms with E-state index in [1.54, 1.807) is 18.2 Å². The zero-order valence-corrected chi connectivity index (χ0v) is 19.8. The standard InChI is InChI=1S/C26H32N4O4/c1-29(2)21-6-3-18(4-7-21)9-13-27-25(32)19-10-14-30(15-11-19)16-12-23(31)20-5-8-22-24(17-20)34-26(33)28-22/h3-8,17,19H,9-16H2,1-2H3,(H,27,32)(H,28,33). The molecule has 1 aromatic heterocycles. The molecule has 0 atom stereocenters.